The largest absolute Gasteiger partial charge is 0.262 e. The number of rotatable bonds is 5. The molecular weight excluding hydrogens is 300 g/mol. The first kappa shape index (κ1) is 15.4. The van der Waals surface area contributed by atoms with Crippen LogP contribution in [0.25, 0.3) is 0 Å². The molecule has 6 nitrogen and oxygen atoms in total. The van der Waals surface area contributed by atoms with Crippen LogP contribution in [0.3, 0.4) is 0 Å². The van der Waals surface area contributed by atoms with E-state index in [1.165, 1.54) is 4.31 Å². The Balaban J connectivity index is 3.21. The highest BCUT2D eigenvalue weighted by atomic mass is 35.7. The zero-order valence-corrected chi connectivity index (χ0v) is 12.3. The Hall–Kier alpha value is -0.700. The van der Waals surface area contributed by atoms with Crippen molar-refractivity contribution in [2.45, 2.75) is 23.8 Å². The molecule has 1 aromatic heterocycles. The monoisotopic (exact) mass is 312 g/mol. The normalized spacial score (nSPS) is 12.9. The van der Waals surface area contributed by atoms with Gasteiger partial charge < -0.3 is 0 Å². The molecule has 0 fully saturated rings. The third-order valence-electron chi connectivity index (χ3n) is 2.30. The van der Waals surface area contributed by atoms with Gasteiger partial charge in [-0.15, -0.1) is 0 Å². The highest BCUT2D eigenvalue weighted by molar-refractivity contribution is 8.13. The molecule has 0 saturated heterocycles. The summed E-state index contributed by atoms with van der Waals surface area (Å²) in [5, 5.41) is -0.199. The average molecular weight is 313 g/mol. The molecule has 0 unspecified atom stereocenters. The fraction of sp³-hybridized carbons (Fsp3) is 0.444. The first-order valence-corrected chi connectivity index (χ1v) is 8.89. The molecule has 9 heteroatoms. The Morgan fingerprint density at radius 2 is 1.72 bits per heavy atom. The summed E-state index contributed by atoms with van der Waals surface area (Å²) in [6.45, 7) is 4.05. The van der Waals surface area contributed by atoms with Gasteiger partial charge in [-0.3, -0.25) is 0 Å². The average Bonchev–Trinajstić information content (AvgIpc) is 2.29. The maximum Gasteiger partial charge on any atom is 0.262 e. The molecule has 1 aromatic rings. The lowest BCUT2D eigenvalue weighted by Crippen LogP contribution is -2.31. The van der Waals surface area contributed by atoms with Gasteiger partial charge in [0.25, 0.3) is 19.1 Å². The summed E-state index contributed by atoms with van der Waals surface area (Å²) in [7, 11) is -2.46. The van der Waals surface area contributed by atoms with E-state index < -0.39 is 19.1 Å². The van der Waals surface area contributed by atoms with Gasteiger partial charge in [-0.25, -0.2) is 21.8 Å². The number of hydrogen-bond acceptors (Lipinski definition) is 5. The third-order valence-corrected chi connectivity index (χ3v) is 5.61. The number of aromatic nitrogens is 1. The molecule has 0 amide bonds. The predicted octanol–water partition coefficient (Wildman–Crippen LogP) is 1.04. The molecule has 102 valence electrons. The van der Waals surface area contributed by atoms with Gasteiger partial charge in [-0.1, -0.05) is 13.8 Å². The van der Waals surface area contributed by atoms with Crippen molar-refractivity contribution in [1.82, 2.24) is 9.29 Å². The lowest BCUT2D eigenvalue weighted by Gasteiger charge is -2.17. The van der Waals surface area contributed by atoms with Crippen molar-refractivity contribution in [1.29, 1.82) is 0 Å². The van der Waals surface area contributed by atoms with E-state index in [-0.39, 0.29) is 9.92 Å². The number of pyridine rings is 1. The first-order valence-electron chi connectivity index (χ1n) is 5.14. The summed E-state index contributed by atoms with van der Waals surface area (Å²) < 4.78 is 47.3. The van der Waals surface area contributed by atoms with Crippen molar-refractivity contribution in [3.05, 3.63) is 18.3 Å². The topological polar surface area (TPSA) is 84.4 Å². The highest BCUT2D eigenvalue weighted by Crippen LogP contribution is 2.17. The molecule has 18 heavy (non-hydrogen) atoms. The van der Waals surface area contributed by atoms with Gasteiger partial charge in [0.2, 0.25) is 0 Å². The van der Waals surface area contributed by atoms with Crippen LogP contribution in [-0.4, -0.2) is 39.2 Å². The highest BCUT2D eigenvalue weighted by Gasteiger charge is 2.23. The number of sulfonamides is 1. The standard InChI is InChI=1S/C9H13ClN2O4S2/c1-3-12(4-2)18(15,16)9-6-5-8(7-11-9)17(10,13)14/h5-7H,3-4H2,1-2H3. The quantitative estimate of drug-likeness (QED) is 0.758. The second-order valence-corrected chi connectivity index (χ2v) is 7.81. The summed E-state index contributed by atoms with van der Waals surface area (Å²) in [5.41, 5.74) is 0. The summed E-state index contributed by atoms with van der Waals surface area (Å²) in [5.74, 6) is 0. The van der Waals surface area contributed by atoms with E-state index in [1.807, 2.05) is 0 Å². The first-order chi connectivity index (χ1) is 8.23. The van der Waals surface area contributed by atoms with Crippen LogP contribution in [-0.2, 0) is 19.1 Å². The molecule has 0 atom stereocenters. The fourth-order valence-electron chi connectivity index (χ4n) is 1.36. The van der Waals surface area contributed by atoms with Gasteiger partial charge in [0.05, 0.1) is 0 Å². The van der Waals surface area contributed by atoms with Crippen LogP contribution in [0.1, 0.15) is 13.8 Å². The van der Waals surface area contributed by atoms with E-state index >= 15 is 0 Å². The molecule has 0 saturated carbocycles. The van der Waals surface area contributed by atoms with Crippen molar-refractivity contribution >= 4 is 29.8 Å². The molecule has 1 heterocycles. The van der Waals surface area contributed by atoms with E-state index in [2.05, 4.69) is 4.98 Å². The summed E-state index contributed by atoms with van der Waals surface area (Å²) >= 11 is 0. The fourth-order valence-corrected chi connectivity index (χ4v) is 3.41. The molecule has 0 spiro atoms. The van der Waals surface area contributed by atoms with E-state index in [1.54, 1.807) is 13.8 Å². The van der Waals surface area contributed by atoms with Crippen LogP contribution in [0.4, 0.5) is 0 Å². The van der Waals surface area contributed by atoms with Crippen molar-refractivity contribution in [2.24, 2.45) is 0 Å². The maximum atomic E-state index is 12.0. The molecular formula is C9H13ClN2O4S2. The smallest absolute Gasteiger partial charge is 0.242 e. The number of hydrogen-bond donors (Lipinski definition) is 0. The van der Waals surface area contributed by atoms with E-state index in [4.69, 9.17) is 10.7 Å². The van der Waals surface area contributed by atoms with Crippen molar-refractivity contribution in [3.63, 3.8) is 0 Å². The molecule has 0 aliphatic carbocycles. The minimum absolute atomic E-state index is 0.199. The molecule has 1 rings (SSSR count). The molecule has 0 bridgehead atoms. The minimum Gasteiger partial charge on any atom is -0.242 e. The van der Waals surface area contributed by atoms with Gasteiger partial charge >= 0.3 is 0 Å². The Morgan fingerprint density at radius 3 is 2.06 bits per heavy atom. The Morgan fingerprint density at radius 1 is 1.17 bits per heavy atom. The van der Waals surface area contributed by atoms with Gasteiger partial charge in [-0.05, 0) is 12.1 Å². The van der Waals surface area contributed by atoms with Crippen molar-refractivity contribution < 1.29 is 16.8 Å². The lowest BCUT2D eigenvalue weighted by atomic mass is 10.5. The SMILES string of the molecule is CCN(CC)S(=O)(=O)c1ccc(S(=O)(=O)Cl)cn1. The predicted molar refractivity (Wildman–Crippen MR) is 67.4 cm³/mol. The van der Waals surface area contributed by atoms with Crippen molar-refractivity contribution in [3.8, 4) is 0 Å². The van der Waals surface area contributed by atoms with Crippen LogP contribution in [0.2, 0.25) is 0 Å². The Labute approximate surface area is 111 Å². The van der Waals surface area contributed by atoms with Crippen LogP contribution in [0.15, 0.2) is 28.3 Å². The van der Waals surface area contributed by atoms with Gasteiger partial charge in [0, 0.05) is 30.0 Å². The lowest BCUT2D eigenvalue weighted by molar-refractivity contribution is 0.442. The van der Waals surface area contributed by atoms with Crippen LogP contribution in [0.5, 0.6) is 0 Å². The van der Waals surface area contributed by atoms with Crippen molar-refractivity contribution in [2.75, 3.05) is 13.1 Å². The van der Waals surface area contributed by atoms with Gasteiger partial charge in [-0.2, -0.15) is 4.31 Å². The summed E-state index contributed by atoms with van der Waals surface area (Å²) in [4.78, 5) is 3.41. The molecule has 0 aliphatic heterocycles. The number of halogens is 1. The maximum absolute atomic E-state index is 12.0. The van der Waals surface area contributed by atoms with E-state index in [9.17, 15) is 16.8 Å². The van der Waals surface area contributed by atoms with Crippen LogP contribution < -0.4 is 0 Å². The second kappa shape index (κ2) is 5.52. The number of nitrogens with zero attached hydrogens (tertiary/aromatic N) is 2. The summed E-state index contributed by atoms with van der Waals surface area (Å²) in [6, 6.07) is 2.24. The van der Waals surface area contributed by atoms with Gasteiger partial charge in [0.15, 0.2) is 5.03 Å². The Kier molecular flexibility index (Phi) is 4.71. The second-order valence-electron chi connectivity index (χ2n) is 3.36. The summed E-state index contributed by atoms with van der Waals surface area (Å²) in [6.07, 6.45) is 0.929. The third kappa shape index (κ3) is 3.19. The Bertz CT molecular complexity index is 606. The molecule has 0 aromatic carbocycles. The van der Waals surface area contributed by atoms with Crippen LogP contribution in [0, 0.1) is 0 Å². The van der Waals surface area contributed by atoms with E-state index in [0.29, 0.717) is 13.1 Å². The van der Waals surface area contributed by atoms with Crippen LogP contribution >= 0.6 is 10.7 Å². The zero-order valence-electron chi connectivity index (χ0n) is 9.87. The zero-order chi connectivity index (χ0) is 14.0. The molecule has 0 N–H and O–H groups in total. The molecule has 0 aliphatic rings. The minimum atomic E-state index is -3.90. The van der Waals surface area contributed by atoms with E-state index in [0.717, 1.165) is 18.3 Å². The molecule has 0 radical (unpaired) electrons. The van der Waals surface area contributed by atoms with Gasteiger partial charge in [0.1, 0.15) is 4.90 Å².